The summed E-state index contributed by atoms with van der Waals surface area (Å²) in [4.78, 5) is 9.27. The second kappa shape index (κ2) is 7.42. The zero-order valence-corrected chi connectivity index (χ0v) is 16.6. The number of methoxy groups -OCH3 is 3. The minimum absolute atomic E-state index is 0.665. The van der Waals surface area contributed by atoms with E-state index < -0.39 is 0 Å². The van der Waals surface area contributed by atoms with Crippen molar-refractivity contribution in [2.24, 2.45) is 0 Å². The zero-order chi connectivity index (χ0) is 18.8. The molecule has 0 saturated heterocycles. The van der Waals surface area contributed by atoms with Gasteiger partial charge in [0.25, 0.3) is 0 Å². The summed E-state index contributed by atoms with van der Waals surface area (Å²) >= 11 is 3.08. The van der Waals surface area contributed by atoms with Crippen LogP contribution in [0.2, 0.25) is 0 Å². The molecular weight excluding hydrogens is 382 g/mol. The topological polar surface area (TPSA) is 65.5 Å². The SMILES string of the molecule is COc1ccc(-c2csc(Nc3nc4cc(OC)c(OC)cc4s3)n2)cc1. The Morgan fingerprint density at radius 1 is 0.852 bits per heavy atom. The Hall–Kier alpha value is -2.84. The van der Waals surface area contributed by atoms with Crippen molar-refractivity contribution in [3.63, 3.8) is 0 Å². The van der Waals surface area contributed by atoms with Crippen LogP contribution in [-0.4, -0.2) is 31.3 Å². The van der Waals surface area contributed by atoms with E-state index in [4.69, 9.17) is 14.2 Å². The highest BCUT2D eigenvalue weighted by Gasteiger charge is 2.12. The second-order valence-corrected chi connectivity index (χ2v) is 7.47. The summed E-state index contributed by atoms with van der Waals surface area (Å²) in [6.45, 7) is 0. The molecular formula is C19H17N3O3S2. The molecule has 8 heteroatoms. The number of ether oxygens (including phenoxy) is 3. The van der Waals surface area contributed by atoms with Crippen molar-refractivity contribution in [2.75, 3.05) is 26.6 Å². The summed E-state index contributed by atoms with van der Waals surface area (Å²) in [7, 11) is 4.90. The number of anilines is 2. The van der Waals surface area contributed by atoms with Crippen molar-refractivity contribution in [1.82, 2.24) is 9.97 Å². The summed E-state index contributed by atoms with van der Waals surface area (Å²) in [6, 6.07) is 11.6. The Morgan fingerprint density at radius 3 is 2.30 bits per heavy atom. The van der Waals surface area contributed by atoms with Gasteiger partial charge in [-0.15, -0.1) is 11.3 Å². The second-order valence-electron chi connectivity index (χ2n) is 5.59. The Labute approximate surface area is 164 Å². The van der Waals surface area contributed by atoms with E-state index in [9.17, 15) is 0 Å². The maximum atomic E-state index is 5.35. The number of hydrogen-bond acceptors (Lipinski definition) is 8. The Balaban J connectivity index is 1.58. The molecule has 2 aromatic heterocycles. The molecule has 0 aliphatic rings. The number of rotatable bonds is 6. The van der Waals surface area contributed by atoms with E-state index in [1.807, 2.05) is 41.8 Å². The maximum Gasteiger partial charge on any atom is 0.190 e. The Kier molecular flexibility index (Phi) is 4.83. The van der Waals surface area contributed by atoms with Crippen molar-refractivity contribution >= 4 is 43.2 Å². The highest BCUT2D eigenvalue weighted by Crippen LogP contribution is 2.37. The molecule has 27 heavy (non-hydrogen) atoms. The van der Waals surface area contributed by atoms with Gasteiger partial charge in [0.15, 0.2) is 21.8 Å². The highest BCUT2D eigenvalue weighted by atomic mass is 32.1. The molecule has 0 spiro atoms. The van der Waals surface area contributed by atoms with Gasteiger partial charge in [-0.05, 0) is 24.3 Å². The van der Waals surface area contributed by atoms with E-state index in [1.54, 1.807) is 32.7 Å². The molecule has 0 bridgehead atoms. The molecule has 0 aliphatic carbocycles. The van der Waals surface area contributed by atoms with Gasteiger partial charge in [0.05, 0.1) is 37.2 Å². The van der Waals surface area contributed by atoms with Crippen LogP contribution in [-0.2, 0) is 0 Å². The molecule has 2 heterocycles. The first-order valence-electron chi connectivity index (χ1n) is 8.09. The van der Waals surface area contributed by atoms with Crippen LogP contribution in [0.1, 0.15) is 0 Å². The van der Waals surface area contributed by atoms with Crippen molar-refractivity contribution in [1.29, 1.82) is 0 Å². The number of nitrogens with zero attached hydrogens (tertiary/aromatic N) is 2. The average molecular weight is 399 g/mol. The third kappa shape index (κ3) is 3.54. The quantitative estimate of drug-likeness (QED) is 0.481. The zero-order valence-electron chi connectivity index (χ0n) is 15.0. The number of fused-ring (bicyclic) bond motifs is 1. The summed E-state index contributed by atoms with van der Waals surface area (Å²) in [5, 5.41) is 6.87. The van der Waals surface area contributed by atoms with Crippen LogP contribution in [0.15, 0.2) is 41.8 Å². The summed E-state index contributed by atoms with van der Waals surface area (Å²) in [6.07, 6.45) is 0. The van der Waals surface area contributed by atoms with Gasteiger partial charge in [0.2, 0.25) is 0 Å². The first-order valence-corrected chi connectivity index (χ1v) is 9.79. The van der Waals surface area contributed by atoms with Crippen molar-refractivity contribution in [2.45, 2.75) is 0 Å². The molecule has 0 saturated carbocycles. The number of thiazole rings is 2. The largest absolute Gasteiger partial charge is 0.497 e. The molecule has 6 nitrogen and oxygen atoms in total. The van der Waals surface area contributed by atoms with Crippen molar-refractivity contribution < 1.29 is 14.2 Å². The molecule has 0 fully saturated rings. The van der Waals surface area contributed by atoms with Gasteiger partial charge < -0.3 is 19.5 Å². The first kappa shape index (κ1) is 17.6. The number of benzene rings is 2. The molecule has 0 radical (unpaired) electrons. The fourth-order valence-electron chi connectivity index (χ4n) is 2.63. The van der Waals surface area contributed by atoms with E-state index >= 15 is 0 Å². The predicted molar refractivity (Wildman–Crippen MR) is 110 cm³/mol. The van der Waals surface area contributed by atoms with Crippen LogP contribution in [0.3, 0.4) is 0 Å². The van der Waals surface area contributed by atoms with Crippen LogP contribution in [0.25, 0.3) is 21.5 Å². The Bertz CT molecular complexity index is 1030. The highest BCUT2D eigenvalue weighted by molar-refractivity contribution is 7.22. The van der Waals surface area contributed by atoms with E-state index in [1.165, 1.54) is 11.3 Å². The van der Waals surface area contributed by atoms with E-state index in [0.29, 0.717) is 11.5 Å². The predicted octanol–water partition coefficient (Wildman–Crippen LogP) is 5.19. The maximum absolute atomic E-state index is 5.35. The van der Waals surface area contributed by atoms with E-state index in [0.717, 1.165) is 37.5 Å². The summed E-state index contributed by atoms with van der Waals surface area (Å²) in [5.41, 5.74) is 2.81. The van der Waals surface area contributed by atoms with Crippen LogP contribution in [0.5, 0.6) is 17.2 Å². The molecule has 4 rings (SSSR count). The van der Waals surface area contributed by atoms with E-state index in [2.05, 4.69) is 15.3 Å². The van der Waals surface area contributed by atoms with E-state index in [-0.39, 0.29) is 0 Å². The fraction of sp³-hybridized carbons (Fsp3) is 0.158. The molecule has 1 N–H and O–H groups in total. The van der Waals surface area contributed by atoms with Gasteiger partial charge in [-0.2, -0.15) is 0 Å². The molecule has 0 amide bonds. The number of aromatic nitrogens is 2. The fourth-order valence-corrected chi connectivity index (χ4v) is 4.28. The van der Waals surface area contributed by atoms with Crippen molar-refractivity contribution in [3.8, 4) is 28.5 Å². The lowest BCUT2D eigenvalue weighted by atomic mass is 10.2. The third-order valence-electron chi connectivity index (χ3n) is 4.00. The van der Waals surface area contributed by atoms with Gasteiger partial charge in [-0.25, -0.2) is 9.97 Å². The minimum Gasteiger partial charge on any atom is -0.497 e. The van der Waals surface area contributed by atoms with Crippen LogP contribution in [0.4, 0.5) is 10.3 Å². The number of hydrogen-bond donors (Lipinski definition) is 1. The van der Waals surface area contributed by atoms with Gasteiger partial charge in [0.1, 0.15) is 5.75 Å². The summed E-state index contributed by atoms with van der Waals surface area (Å²) in [5.74, 6) is 2.18. The Morgan fingerprint density at radius 2 is 1.59 bits per heavy atom. The average Bonchev–Trinajstić information content (AvgIpc) is 3.33. The van der Waals surface area contributed by atoms with Crippen LogP contribution in [0, 0.1) is 0 Å². The minimum atomic E-state index is 0.665. The normalized spacial score (nSPS) is 10.8. The van der Waals surface area contributed by atoms with Gasteiger partial charge in [0, 0.05) is 23.1 Å². The van der Waals surface area contributed by atoms with Gasteiger partial charge >= 0.3 is 0 Å². The van der Waals surface area contributed by atoms with Gasteiger partial charge in [-0.3, -0.25) is 0 Å². The molecule has 0 aliphatic heterocycles. The molecule has 4 aromatic rings. The molecule has 2 aromatic carbocycles. The monoisotopic (exact) mass is 399 g/mol. The van der Waals surface area contributed by atoms with Crippen molar-refractivity contribution in [3.05, 3.63) is 41.8 Å². The lowest BCUT2D eigenvalue weighted by molar-refractivity contribution is 0.356. The first-order chi connectivity index (χ1) is 13.2. The summed E-state index contributed by atoms with van der Waals surface area (Å²) < 4.78 is 16.9. The van der Waals surface area contributed by atoms with Crippen LogP contribution < -0.4 is 19.5 Å². The molecule has 0 atom stereocenters. The smallest absolute Gasteiger partial charge is 0.190 e. The van der Waals surface area contributed by atoms with Gasteiger partial charge in [-0.1, -0.05) is 11.3 Å². The lowest BCUT2D eigenvalue weighted by Crippen LogP contribution is -1.90. The standard InChI is InChI=1S/C19H17N3O3S2/c1-23-12-6-4-11(5-7-12)14-10-26-18(21-14)22-19-20-13-8-15(24-2)16(25-3)9-17(13)27-19/h4-10H,1-3H3,(H,20,21,22). The molecule has 0 unspecified atom stereocenters. The lowest BCUT2D eigenvalue weighted by Gasteiger charge is -2.05. The molecule has 138 valence electrons. The third-order valence-corrected chi connectivity index (χ3v) is 5.69. The van der Waals surface area contributed by atoms with Crippen LogP contribution >= 0.6 is 22.7 Å². The number of nitrogens with one attached hydrogen (secondary N) is 1.